The Morgan fingerprint density at radius 2 is 1.00 bits per heavy atom. The molecule has 0 aromatic rings. The van der Waals surface area contributed by atoms with Crippen molar-refractivity contribution >= 4 is 9.53 Å². The predicted molar refractivity (Wildman–Crippen MR) is 46.3 cm³/mol. The maximum atomic E-state index is 8.45. The summed E-state index contributed by atoms with van der Waals surface area (Å²) in [6, 6.07) is 0. The third-order valence-electron chi connectivity index (χ3n) is 1.04. The van der Waals surface area contributed by atoms with Crippen LogP contribution in [0.15, 0.2) is 0 Å². The fourth-order valence-corrected chi connectivity index (χ4v) is 1.77. The molecule has 3 N–H and O–H groups in total. The quantitative estimate of drug-likeness (QED) is 0.374. The van der Waals surface area contributed by atoms with Crippen molar-refractivity contribution in [3.63, 3.8) is 0 Å². The third-order valence-corrected chi connectivity index (χ3v) is 2.56. The molecule has 13 heavy (non-hydrogen) atoms. The summed E-state index contributed by atoms with van der Waals surface area (Å²) < 4.78 is 15.1. The molecule has 0 bridgehead atoms. The minimum atomic E-state index is -2.27. The molecule has 0 amide bonds. The van der Waals surface area contributed by atoms with E-state index in [0.717, 1.165) is 0 Å². The molecule has 0 saturated heterocycles. The van der Waals surface area contributed by atoms with Crippen LogP contribution >= 0.6 is 0 Å². The summed E-state index contributed by atoms with van der Waals surface area (Å²) in [4.78, 5) is 0. The van der Waals surface area contributed by atoms with E-state index in [-0.39, 0.29) is 39.6 Å². The van der Waals surface area contributed by atoms with Crippen molar-refractivity contribution in [3.05, 3.63) is 0 Å². The molecule has 7 heteroatoms. The zero-order valence-electron chi connectivity index (χ0n) is 7.39. The van der Waals surface area contributed by atoms with Gasteiger partial charge in [0.05, 0.1) is 39.6 Å². The van der Waals surface area contributed by atoms with Gasteiger partial charge in [-0.25, -0.2) is 0 Å². The van der Waals surface area contributed by atoms with E-state index in [4.69, 9.17) is 28.6 Å². The number of hydrogen-bond acceptors (Lipinski definition) is 6. The summed E-state index contributed by atoms with van der Waals surface area (Å²) in [5.74, 6) is 0. The van der Waals surface area contributed by atoms with Crippen LogP contribution in [0.4, 0.5) is 0 Å². The maximum Gasteiger partial charge on any atom is 0.484 e. The molecule has 0 atom stereocenters. The first-order valence-electron chi connectivity index (χ1n) is 4.02. The first-order valence-corrected chi connectivity index (χ1v) is 5.44. The molecule has 0 aromatic heterocycles. The Morgan fingerprint density at radius 3 is 1.23 bits per heavy atom. The van der Waals surface area contributed by atoms with Gasteiger partial charge in [0.1, 0.15) is 0 Å². The number of aliphatic hydroxyl groups is 3. The summed E-state index contributed by atoms with van der Waals surface area (Å²) >= 11 is 0. The lowest BCUT2D eigenvalue weighted by molar-refractivity contribution is 0.0552. The molecule has 0 fully saturated rings. The largest absolute Gasteiger partial charge is 0.484 e. The molecule has 0 rings (SSSR count). The van der Waals surface area contributed by atoms with Gasteiger partial charge in [0.25, 0.3) is 0 Å². The first kappa shape index (κ1) is 13.0. The molecule has 0 radical (unpaired) electrons. The molecule has 0 saturated carbocycles. The van der Waals surface area contributed by atoms with Gasteiger partial charge in [-0.3, -0.25) is 0 Å². The Kier molecular flexibility index (Phi) is 10.0. The zero-order valence-corrected chi connectivity index (χ0v) is 8.54. The highest BCUT2D eigenvalue weighted by Gasteiger charge is 2.14. The van der Waals surface area contributed by atoms with Crippen LogP contribution in [0, 0.1) is 0 Å². The van der Waals surface area contributed by atoms with Gasteiger partial charge in [0.2, 0.25) is 0 Å². The van der Waals surface area contributed by atoms with Crippen LogP contribution in [0.25, 0.3) is 0 Å². The standard InChI is InChI=1S/C6H16O6Si/c7-1-4-10-13(11-5-2-8)12-6-3-9/h7-9,13H,1-6H2. The normalized spacial score (nSPS) is 11.1. The molecule has 6 nitrogen and oxygen atoms in total. The molecular formula is C6H16O6Si. The number of rotatable bonds is 9. The van der Waals surface area contributed by atoms with E-state index in [1.807, 2.05) is 0 Å². The van der Waals surface area contributed by atoms with Crippen molar-refractivity contribution < 1.29 is 28.6 Å². The van der Waals surface area contributed by atoms with E-state index < -0.39 is 9.53 Å². The highest BCUT2D eigenvalue weighted by molar-refractivity contribution is 6.36. The highest BCUT2D eigenvalue weighted by Crippen LogP contribution is 1.91. The van der Waals surface area contributed by atoms with Crippen LogP contribution in [-0.2, 0) is 13.3 Å². The predicted octanol–water partition coefficient (Wildman–Crippen LogP) is -2.27. The molecule has 0 aliphatic heterocycles. The van der Waals surface area contributed by atoms with Crippen molar-refractivity contribution in [1.82, 2.24) is 0 Å². The van der Waals surface area contributed by atoms with Gasteiger partial charge in [0, 0.05) is 0 Å². The Morgan fingerprint density at radius 1 is 0.692 bits per heavy atom. The fraction of sp³-hybridized carbons (Fsp3) is 1.00. The summed E-state index contributed by atoms with van der Waals surface area (Å²) in [5, 5.41) is 25.4. The second-order valence-electron chi connectivity index (χ2n) is 2.07. The Labute approximate surface area is 78.6 Å². The molecule has 0 aromatic carbocycles. The highest BCUT2D eigenvalue weighted by atomic mass is 28.3. The van der Waals surface area contributed by atoms with Crippen LogP contribution in [-0.4, -0.2) is 64.5 Å². The SMILES string of the molecule is OCCO[SiH](OCCO)OCCO. The van der Waals surface area contributed by atoms with Crippen molar-refractivity contribution in [2.75, 3.05) is 39.6 Å². The van der Waals surface area contributed by atoms with E-state index in [0.29, 0.717) is 0 Å². The van der Waals surface area contributed by atoms with E-state index in [2.05, 4.69) is 0 Å². The van der Waals surface area contributed by atoms with Crippen LogP contribution in [0.1, 0.15) is 0 Å². The lowest BCUT2D eigenvalue weighted by atomic mass is 10.8. The molecule has 0 heterocycles. The molecule has 0 aliphatic carbocycles. The minimum absolute atomic E-state index is 0.103. The van der Waals surface area contributed by atoms with Gasteiger partial charge >= 0.3 is 9.53 Å². The summed E-state index contributed by atoms with van der Waals surface area (Å²) in [7, 11) is -2.27. The van der Waals surface area contributed by atoms with Gasteiger partial charge < -0.3 is 28.6 Å². The Hall–Kier alpha value is -0.0231. The molecule has 0 unspecified atom stereocenters. The molecule has 0 aliphatic rings. The van der Waals surface area contributed by atoms with Gasteiger partial charge in [-0.2, -0.15) is 0 Å². The lowest BCUT2D eigenvalue weighted by Gasteiger charge is -2.14. The lowest BCUT2D eigenvalue weighted by Crippen LogP contribution is -2.30. The van der Waals surface area contributed by atoms with E-state index in [1.54, 1.807) is 0 Å². The molecular weight excluding hydrogens is 196 g/mol. The molecule has 80 valence electrons. The van der Waals surface area contributed by atoms with Crippen LogP contribution in [0.5, 0.6) is 0 Å². The average Bonchev–Trinajstić information content (AvgIpc) is 2.17. The van der Waals surface area contributed by atoms with Crippen molar-refractivity contribution in [2.45, 2.75) is 0 Å². The number of hydrogen-bond donors (Lipinski definition) is 3. The minimum Gasteiger partial charge on any atom is -0.394 e. The van der Waals surface area contributed by atoms with Gasteiger partial charge in [-0.05, 0) is 0 Å². The summed E-state index contributed by atoms with van der Waals surface area (Å²) in [5.41, 5.74) is 0. The maximum absolute atomic E-state index is 8.45. The number of aliphatic hydroxyl groups excluding tert-OH is 3. The Bertz CT molecular complexity index is 84.1. The van der Waals surface area contributed by atoms with Crippen molar-refractivity contribution in [3.8, 4) is 0 Å². The second kappa shape index (κ2) is 10.1. The average molecular weight is 212 g/mol. The van der Waals surface area contributed by atoms with E-state index >= 15 is 0 Å². The second-order valence-corrected chi connectivity index (χ2v) is 3.65. The van der Waals surface area contributed by atoms with Crippen molar-refractivity contribution in [1.29, 1.82) is 0 Å². The summed E-state index contributed by atoms with van der Waals surface area (Å²) in [6.07, 6.45) is 0. The van der Waals surface area contributed by atoms with Crippen LogP contribution in [0.2, 0.25) is 0 Å². The van der Waals surface area contributed by atoms with Gasteiger partial charge in [-0.15, -0.1) is 0 Å². The monoisotopic (exact) mass is 212 g/mol. The van der Waals surface area contributed by atoms with E-state index in [9.17, 15) is 0 Å². The van der Waals surface area contributed by atoms with Gasteiger partial charge in [-0.1, -0.05) is 0 Å². The fourth-order valence-electron chi connectivity index (χ4n) is 0.591. The topological polar surface area (TPSA) is 88.4 Å². The van der Waals surface area contributed by atoms with Crippen molar-refractivity contribution in [2.24, 2.45) is 0 Å². The summed E-state index contributed by atoms with van der Waals surface area (Å²) in [6.45, 7) is 0.132. The third kappa shape index (κ3) is 8.31. The molecule has 0 spiro atoms. The van der Waals surface area contributed by atoms with Gasteiger partial charge in [0.15, 0.2) is 0 Å². The van der Waals surface area contributed by atoms with E-state index in [1.165, 1.54) is 0 Å². The smallest absolute Gasteiger partial charge is 0.394 e. The zero-order chi connectivity index (χ0) is 9.94. The van der Waals surface area contributed by atoms with Crippen LogP contribution < -0.4 is 0 Å². The Balaban J connectivity index is 3.47. The van der Waals surface area contributed by atoms with Crippen LogP contribution in [0.3, 0.4) is 0 Å². The first-order chi connectivity index (χ1) is 6.35.